The monoisotopic (exact) mass is 435 g/mol. The minimum Gasteiger partial charge on any atom is -0.492 e. The van der Waals surface area contributed by atoms with Gasteiger partial charge in [0.25, 0.3) is 5.91 Å². The topological polar surface area (TPSA) is 65.7 Å². The number of hydrogen-bond acceptors (Lipinski definition) is 5. The summed E-state index contributed by atoms with van der Waals surface area (Å²) in [6.07, 6.45) is 0. The van der Waals surface area contributed by atoms with Crippen LogP contribution < -0.4 is 9.54 Å². The molecule has 1 amide bonds. The first kappa shape index (κ1) is 21.2. The molecule has 0 bridgehead atoms. The summed E-state index contributed by atoms with van der Waals surface area (Å²) in [5, 5.41) is 0.922. The first-order valence-electron chi connectivity index (χ1n) is 10.4. The summed E-state index contributed by atoms with van der Waals surface area (Å²) < 4.78 is 14.4. The number of benzene rings is 2. The molecule has 31 heavy (non-hydrogen) atoms. The van der Waals surface area contributed by atoms with E-state index in [0.717, 1.165) is 32.6 Å². The van der Waals surface area contributed by atoms with Gasteiger partial charge in [0.1, 0.15) is 11.3 Å². The SMILES string of the molecule is CCOCCn1c(=NC(=O)c2ccc3nc(C)ccc3c2)sc2cccc(OCC)c21. The lowest BCUT2D eigenvalue weighted by molar-refractivity contribution is 0.0996. The molecule has 0 N–H and O–H groups in total. The maximum atomic E-state index is 13.0. The predicted octanol–water partition coefficient (Wildman–Crippen LogP) is 4.74. The van der Waals surface area contributed by atoms with Gasteiger partial charge in [0.2, 0.25) is 0 Å². The number of rotatable bonds is 7. The highest BCUT2D eigenvalue weighted by atomic mass is 32.1. The quantitative estimate of drug-likeness (QED) is 0.394. The zero-order chi connectivity index (χ0) is 21.8. The van der Waals surface area contributed by atoms with E-state index in [1.807, 2.05) is 67.8 Å². The van der Waals surface area contributed by atoms with Gasteiger partial charge < -0.3 is 14.0 Å². The molecule has 2 heterocycles. The molecular formula is C24H25N3O3S. The van der Waals surface area contributed by atoms with Crippen molar-refractivity contribution in [2.75, 3.05) is 19.8 Å². The Morgan fingerprint density at radius 2 is 2.00 bits per heavy atom. The molecule has 0 unspecified atom stereocenters. The number of amides is 1. The summed E-state index contributed by atoms with van der Waals surface area (Å²) >= 11 is 1.48. The number of para-hydroxylation sites is 1. The molecule has 4 rings (SSSR count). The molecule has 2 aromatic heterocycles. The van der Waals surface area contributed by atoms with Crippen molar-refractivity contribution in [2.45, 2.75) is 27.3 Å². The Balaban J connectivity index is 1.80. The van der Waals surface area contributed by atoms with Gasteiger partial charge in [-0.1, -0.05) is 23.5 Å². The van der Waals surface area contributed by atoms with Crippen LogP contribution in [-0.4, -0.2) is 35.3 Å². The molecule has 160 valence electrons. The molecule has 0 aliphatic heterocycles. The van der Waals surface area contributed by atoms with Crippen molar-refractivity contribution >= 4 is 38.4 Å². The van der Waals surface area contributed by atoms with Crippen molar-refractivity contribution in [1.29, 1.82) is 0 Å². The van der Waals surface area contributed by atoms with Crippen molar-refractivity contribution < 1.29 is 14.3 Å². The molecule has 0 radical (unpaired) electrons. The largest absolute Gasteiger partial charge is 0.492 e. The van der Waals surface area contributed by atoms with Gasteiger partial charge in [-0.05, 0) is 57.2 Å². The Morgan fingerprint density at radius 3 is 2.81 bits per heavy atom. The third-order valence-corrected chi connectivity index (χ3v) is 5.94. The van der Waals surface area contributed by atoms with E-state index in [1.165, 1.54) is 11.3 Å². The number of hydrogen-bond donors (Lipinski definition) is 0. The van der Waals surface area contributed by atoms with Crippen LogP contribution in [0.2, 0.25) is 0 Å². The van der Waals surface area contributed by atoms with Crippen LogP contribution in [0.4, 0.5) is 0 Å². The van der Waals surface area contributed by atoms with E-state index in [2.05, 4.69) is 9.98 Å². The Kier molecular flexibility index (Phi) is 6.44. The van der Waals surface area contributed by atoms with Crippen molar-refractivity contribution in [1.82, 2.24) is 9.55 Å². The number of carbonyl (C=O) groups excluding carboxylic acids is 1. The first-order chi connectivity index (χ1) is 15.1. The molecule has 0 aliphatic rings. The van der Waals surface area contributed by atoms with Crippen LogP contribution in [0.1, 0.15) is 29.9 Å². The maximum absolute atomic E-state index is 13.0. The Bertz CT molecular complexity index is 1310. The van der Waals surface area contributed by atoms with Crippen LogP contribution in [0.5, 0.6) is 5.75 Å². The van der Waals surface area contributed by atoms with E-state index in [9.17, 15) is 4.79 Å². The Labute approximate surface area is 184 Å². The van der Waals surface area contributed by atoms with Crippen LogP contribution in [0, 0.1) is 6.92 Å². The number of aromatic nitrogens is 2. The first-order valence-corrected chi connectivity index (χ1v) is 11.2. The Hall–Kier alpha value is -3.03. The minimum absolute atomic E-state index is 0.280. The van der Waals surface area contributed by atoms with Gasteiger partial charge >= 0.3 is 0 Å². The lowest BCUT2D eigenvalue weighted by Crippen LogP contribution is -2.20. The third-order valence-electron chi connectivity index (χ3n) is 4.90. The molecule has 0 saturated carbocycles. The molecule has 0 fully saturated rings. The summed E-state index contributed by atoms with van der Waals surface area (Å²) in [4.78, 5) is 22.7. The molecule has 6 nitrogen and oxygen atoms in total. The van der Waals surface area contributed by atoms with E-state index < -0.39 is 0 Å². The van der Waals surface area contributed by atoms with Gasteiger partial charge in [0, 0.05) is 29.8 Å². The fourth-order valence-electron chi connectivity index (χ4n) is 3.47. The predicted molar refractivity (Wildman–Crippen MR) is 124 cm³/mol. The van der Waals surface area contributed by atoms with Crippen LogP contribution in [0.15, 0.2) is 53.5 Å². The molecule has 7 heteroatoms. The van der Waals surface area contributed by atoms with E-state index in [0.29, 0.717) is 36.7 Å². The van der Waals surface area contributed by atoms with Gasteiger partial charge in [-0.25, -0.2) is 0 Å². The molecule has 0 spiro atoms. The average Bonchev–Trinajstić information content (AvgIpc) is 3.11. The van der Waals surface area contributed by atoms with Crippen LogP contribution in [0.25, 0.3) is 21.1 Å². The number of aryl methyl sites for hydroxylation is 1. The number of ether oxygens (including phenoxy) is 2. The molecule has 0 aliphatic carbocycles. The smallest absolute Gasteiger partial charge is 0.279 e. The number of fused-ring (bicyclic) bond motifs is 2. The van der Waals surface area contributed by atoms with Crippen molar-refractivity contribution in [3.05, 3.63) is 64.6 Å². The normalized spacial score (nSPS) is 12.0. The fraction of sp³-hybridized carbons (Fsp3) is 0.292. The zero-order valence-electron chi connectivity index (χ0n) is 17.9. The van der Waals surface area contributed by atoms with Gasteiger partial charge in [-0.15, -0.1) is 0 Å². The van der Waals surface area contributed by atoms with E-state index >= 15 is 0 Å². The highest BCUT2D eigenvalue weighted by Crippen LogP contribution is 2.27. The van der Waals surface area contributed by atoms with Crippen LogP contribution in [-0.2, 0) is 11.3 Å². The average molecular weight is 436 g/mol. The van der Waals surface area contributed by atoms with Crippen LogP contribution in [0.3, 0.4) is 0 Å². The van der Waals surface area contributed by atoms with Crippen molar-refractivity contribution in [2.24, 2.45) is 4.99 Å². The number of nitrogens with zero attached hydrogens (tertiary/aromatic N) is 3. The summed E-state index contributed by atoms with van der Waals surface area (Å²) in [5.74, 6) is 0.506. The second kappa shape index (κ2) is 9.41. The van der Waals surface area contributed by atoms with Gasteiger partial charge in [-0.3, -0.25) is 9.78 Å². The second-order valence-electron chi connectivity index (χ2n) is 7.05. The molecule has 0 saturated heterocycles. The highest BCUT2D eigenvalue weighted by Gasteiger charge is 2.14. The number of pyridine rings is 1. The minimum atomic E-state index is -0.280. The summed E-state index contributed by atoms with van der Waals surface area (Å²) in [5.41, 5.74) is 3.30. The summed E-state index contributed by atoms with van der Waals surface area (Å²) in [7, 11) is 0. The lowest BCUT2D eigenvalue weighted by Gasteiger charge is -2.10. The fourth-order valence-corrected chi connectivity index (χ4v) is 4.55. The lowest BCUT2D eigenvalue weighted by atomic mass is 10.1. The zero-order valence-corrected chi connectivity index (χ0v) is 18.7. The van der Waals surface area contributed by atoms with Gasteiger partial charge in [0.05, 0.1) is 23.4 Å². The van der Waals surface area contributed by atoms with E-state index in [4.69, 9.17) is 9.47 Å². The van der Waals surface area contributed by atoms with Gasteiger partial charge in [-0.2, -0.15) is 4.99 Å². The van der Waals surface area contributed by atoms with E-state index in [-0.39, 0.29) is 5.91 Å². The summed E-state index contributed by atoms with van der Waals surface area (Å²) in [6, 6.07) is 15.3. The van der Waals surface area contributed by atoms with Crippen molar-refractivity contribution in [3.8, 4) is 5.75 Å². The van der Waals surface area contributed by atoms with Gasteiger partial charge in [0.15, 0.2) is 4.80 Å². The molecule has 4 aromatic rings. The number of thiazole rings is 1. The van der Waals surface area contributed by atoms with Crippen LogP contribution >= 0.6 is 11.3 Å². The summed E-state index contributed by atoms with van der Waals surface area (Å²) in [6.45, 7) is 8.20. The molecular weight excluding hydrogens is 410 g/mol. The third kappa shape index (κ3) is 4.52. The Morgan fingerprint density at radius 1 is 1.13 bits per heavy atom. The highest BCUT2D eigenvalue weighted by molar-refractivity contribution is 7.16. The maximum Gasteiger partial charge on any atom is 0.279 e. The van der Waals surface area contributed by atoms with E-state index in [1.54, 1.807) is 6.07 Å². The van der Waals surface area contributed by atoms with Crippen molar-refractivity contribution in [3.63, 3.8) is 0 Å². The number of carbonyl (C=O) groups is 1. The molecule has 0 atom stereocenters. The second-order valence-corrected chi connectivity index (χ2v) is 8.06. The molecule has 2 aromatic carbocycles. The standard InChI is InChI=1S/C24H25N3O3S/c1-4-29-14-13-27-22-20(30-5-2)7-6-8-21(22)31-24(27)26-23(28)18-11-12-19-17(15-18)10-9-16(3)25-19/h6-12,15H,4-5,13-14H2,1-3H3.